The number of amides is 3. The van der Waals surface area contributed by atoms with E-state index in [2.05, 4.69) is 15.9 Å². The molecule has 0 aromatic heterocycles. The number of nitrogens with zero attached hydrogens (tertiary/aromatic N) is 3. The second-order valence-corrected chi connectivity index (χ2v) is 7.55. The van der Waals surface area contributed by atoms with E-state index in [0.29, 0.717) is 11.1 Å². The lowest BCUT2D eigenvalue weighted by molar-refractivity contribution is -0.384. The molecular formula is C19H18BrN3O4. The summed E-state index contributed by atoms with van der Waals surface area (Å²) in [5.74, 6) is -0.417. The van der Waals surface area contributed by atoms with E-state index in [9.17, 15) is 19.7 Å². The van der Waals surface area contributed by atoms with Gasteiger partial charge in [-0.3, -0.25) is 14.9 Å². The summed E-state index contributed by atoms with van der Waals surface area (Å²) in [5.41, 5.74) is 1.38. The van der Waals surface area contributed by atoms with Gasteiger partial charge in [0.15, 0.2) is 0 Å². The third kappa shape index (κ3) is 3.32. The molecule has 0 N–H and O–H groups in total. The second kappa shape index (κ2) is 7.11. The van der Waals surface area contributed by atoms with Crippen LogP contribution in [0.15, 0.2) is 46.9 Å². The molecular weight excluding hydrogens is 414 g/mol. The van der Waals surface area contributed by atoms with Crippen LogP contribution in [0.25, 0.3) is 0 Å². The zero-order chi connectivity index (χ0) is 19.9. The van der Waals surface area contributed by atoms with E-state index in [0.717, 1.165) is 9.37 Å². The molecule has 7 nitrogen and oxygen atoms in total. The summed E-state index contributed by atoms with van der Waals surface area (Å²) in [6.45, 7) is 5.38. The minimum Gasteiger partial charge on any atom is -0.305 e. The molecule has 0 saturated carbocycles. The molecule has 2 aromatic carbocycles. The van der Waals surface area contributed by atoms with Gasteiger partial charge in [0.2, 0.25) is 0 Å². The normalized spacial score (nSPS) is 17.1. The van der Waals surface area contributed by atoms with Gasteiger partial charge in [-0.25, -0.2) is 9.69 Å². The summed E-state index contributed by atoms with van der Waals surface area (Å²) < 4.78 is 0.866. The maximum atomic E-state index is 13.2. The molecule has 0 spiro atoms. The summed E-state index contributed by atoms with van der Waals surface area (Å²) in [6, 6.07) is 9.90. The van der Waals surface area contributed by atoms with Crippen molar-refractivity contribution in [2.75, 3.05) is 4.90 Å². The lowest BCUT2D eigenvalue weighted by atomic mass is 10.0. The Morgan fingerprint density at radius 3 is 2.30 bits per heavy atom. The van der Waals surface area contributed by atoms with E-state index >= 15 is 0 Å². The first kappa shape index (κ1) is 19.0. The number of aryl methyl sites for hydroxylation is 1. The smallest absolute Gasteiger partial charge is 0.305 e. The number of hydrogen-bond acceptors (Lipinski definition) is 4. The van der Waals surface area contributed by atoms with Gasteiger partial charge in [0.25, 0.3) is 11.6 Å². The van der Waals surface area contributed by atoms with E-state index < -0.39 is 22.9 Å². The highest BCUT2D eigenvalue weighted by atomic mass is 79.9. The van der Waals surface area contributed by atoms with Crippen LogP contribution in [-0.4, -0.2) is 27.8 Å². The maximum absolute atomic E-state index is 13.2. The van der Waals surface area contributed by atoms with Gasteiger partial charge in [-0.2, -0.15) is 0 Å². The fourth-order valence-corrected chi connectivity index (χ4v) is 3.47. The van der Waals surface area contributed by atoms with Gasteiger partial charge >= 0.3 is 6.03 Å². The number of non-ortho nitro benzene ring substituents is 1. The van der Waals surface area contributed by atoms with E-state index in [1.54, 1.807) is 25.1 Å². The van der Waals surface area contributed by atoms with Crippen molar-refractivity contribution in [2.24, 2.45) is 0 Å². The van der Waals surface area contributed by atoms with Crippen molar-refractivity contribution < 1.29 is 14.5 Å². The van der Waals surface area contributed by atoms with Crippen molar-refractivity contribution in [3.8, 4) is 0 Å². The number of hydrogen-bond donors (Lipinski definition) is 0. The monoisotopic (exact) mass is 431 g/mol. The highest BCUT2D eigenvalue weighted by Gasteiger charge is 2.48. The maximum Gasteiger partial charge on any atom is 0.332 e. The minimum absolute atomic E-state index is 0.167. The van der Waals surface area contributed by atoms with Gasteiger partial charge in [-0.15, -0.1) is 0 Å². The summed E-state index contributed by atoms with van der Waals surface area (Å²) in [4.78, 5) is 39.5. The molecule has 0 unspecified atom stereocenters. The van der Waals surface area contributed by atoms with Crippen LogP contribution in [0.5, 0.6) is 0 Å². The van der Waals surface area contributed by atoms with E-state index in [1.165, 1.54) is 17.0 Å². The number of imide groups is 1. The molecule has 27 heavy (non-hydrogen) atoms. The first-order chi connectivity index (χ1) is 12.7. The molecule has 140 valence electrons. The average molecular weight is 432 g/mol. The molecule has 3 amide bonds. The number of nitro groups is 1. The number of anilines is 1. The first-order valence-corrected chi connectivity index (χ1v) is 9.18. The summed E-state index contributed by atoms with van der Waals surface area (Å²) in [5, 5.41) is 11.1. The van der Waals surface area contributed by atoms with Crippen LogP contribution in [0, 0.1) is 17.0 Å². The predicted octanol–water partition coefficient (Wildman–Crippen LogP) is 4.58. The largest absolute Gasteiger partial charge is 0.332 e. The SMILES string of the molecule is Cc1ccc([N+](=O)[O-])cc1N1C(=O)[C@H](c2ccc(Br)cc2)N(C(C)C)C1=O. The molecule has 2 aromatic rings. The number of nitro benzene ring substituents is 1. The van der Waals surface area contributed by atoms with Crippen molar-refractivity contribution in [1.82, 2.24) is 4.90 Å². The first-order valence-electron chi connectivity index (χ1n) is 8.39. The van der Waals surface area contributed by atoms with Gasteiger partial charge in [-0.05, 0) is 44.0 Å². The Balaban J connectivity index is 2.12. The Bertz CT molecular complexity index is 927. The molecule has 1 saturated heterocycles. The van der Waals surface area contributed by atoms with Gasteiger partial charge in [0, 0.05) is 22.6 Å². The quantitative estimate of drug-likeness (QED) is 0.402. The number of rotatable bonds is 4. The molecule has 8 heteroatoms. The fraction of sp³-hybridized carbons (Fsp3) is 0.263. The Labute approximate surface area is 164 Å². The van der Waals surface area contributed by atoms with Crippen molar-refractivity contribution in [3.63, 3.8) is 0 Å². The molecule has 3 rings (SSSR count). The van der Waals surface area contributed by atoms with Crippen LogP contribution in [-0.2, 0) is 4.79 Å². The van der Waals surface area contributed by atoms with Crippen LogP contribution in [0.4, 0.5) is 16.2 Å². The zero-order valence-electron chi connectivity index (χ0n) is 15.0. The number of halogens is 1. The van der Waals surface area contributed by atoms with Crippen LogP contribution in [0.1, 0.15) is 31.0 Å². The predicted molar refractivity (Wildman–Crippen MR) is 105 cm³/mol. The van der Waals surface area contributed by atoms with Crippen LogP contribution >= 0.6 is 15.9 Å². The van der Waals surface area contributed by atoms with Gasteiger partial charge in [-0.1, -0.05) is 34.1 Å². The number of carbonyl (C=O) groups excluding carboxylic acids is 2. The third-order valence-corrected chi connectivity index (χ3v) is 5.06. The van der Waals surface area contributed by atoms with Crippen LogP contribution in [0.3, 0.4) is 0 Å². The summed E-state index contributed by atoms with van der Waals surface area (Å²) in [7, 11) is 0. The lowest BCUT2D eigenvalue weighted by Gasteiger charge is -2.26. The van der Waals surface area contributed by atoms with E-state index in [-0.39, 0.29) is 17.4 Å². The molecule has 1 fully saturated rings. The van der Waals surface area contributed by atoms with Gasteiger partial charge in [0.05, 0.1) is 10.6 Å². The summed E-state index contributed by atoms with van der Waals surface area (Å²) in [6.07, 6.45) is 0. The van der Waals surface area contributed by atoms with Crippen molar-refractivity contribution in [2.45, 2.75) is 32.9 Å². The van der Waals surface area contributed by atoms with Crippen LogP contribution < -0.4 is 4.90 Å². The Morgan fingerprint density at radius 1 is 1.11 bits per heavy atom. The Kier molecular flexibility index (Phi) is 5.01. The standard InChI is InChI=1S/C19H18BrN3O4/c1-11(2)21-17(13-5-7-14(20)8-6-13)18(24)22(19(21)25)16-10-15(23(26)27)9-4-12(16)3/h4-11,17H,1-3H3/t17-/m0/s1. The lowest BCUT2D eigenvalue weighted by Crippen LogP contribution is -2.37. The fourth-order valence-electron chi connectivity index (χ4n) is 3.20. The van der Waals surface area contributed by atoms with Crippen molar-refractivity contribution in [1.29, 1.82) is 0 Å². The number of urea groups is 1. The van der Waals surface area contributed by atoms with Crippen LogP contribution in [0.2, 0.25) is 0 Å². The Morgan fingerprint density at radius 2 is 1.74 bits per heavy atom. The molecule has 1 aliphatic rings. The average Bonchev–Trinajstić information content (AvgIpc) is 2.87. The van der Waals surface area contributed by atoms with Gasteiger partial charge < -0.3 is 4.90 Å². The van der Waals surface area contributed by atoms with E-state index in [1.807, 2.05) is 26.0 Å². The molecule has 0 radical (unpaired) electrons. The molecule has 1 atom stereocenters. The summed E-state index contributed by atoms with van der Waals surface area (Å²) >= 11 is 3.36. The minimum atomic E-state index is -0.774. The third-order valence-electron chi connectivity index (χ3n) is 4.53. The second-order valence-electron chi connectivity index (χ2n) is 6.64. The highest BCUT2D eigenvalue weighted by Crippen LogP contribution is 2.38. The molecule has 1 aliphatic heterocycles. The number of carbonyl (C=O) groups is 2. The van der Waals surface area contributed by atoms with Crippen molar-refractivity contribution in [3.05, 3.63) is 68.2 Å². The molecule has 0 aliphatic carbocycles. The zero-order valence-corrected chi connectivity index (χ0v) is 16.6. The van der Waals surface area contributed by atoms with E-state index in [4.69, 9.17) is 0 Å². The molecule has 0 bridgehead atoms. The van der Waals surface area contributed by atoms with Gasteiger partial charge in [0.1, 0.15) is 6.04 Å². The highest BCUT2D eigenvalue weighted by molar-refractivity contribution is 9.10. The Hall–Kier alpha value is -2.74. The molecule has 1 heterocycles. The topological polar surface area (TPSA) is 83.8 Å². The number of benzene rings is 2. The van der Waals surface area contributed by atoms with Crippen molar-refractivity contribution >= 4 is 39.2 Å².